The van der Waals surface area contributed by atoms with E-state index in [0.29, 0.717) is 11.8 Å². The zero-order valence-electron chi connectivity index (χ0n) is 32.4. The van der Waals surface area contributed by atoms with Crippen molar-refractivity contribution in [1.29, 1.82) is 0 Å². The predicted molar refractivity (Wildman–Crippen MR) is 238 cm³/mol. The Balaban J connectivity index is 0.000000356. The van der Waals surface area contributed by atoms with Crippen LogP contribution in [0.15, 0.2) is 84.9 Å². The van der Waals surface area contributed by atoms with Crippen molar-refractivity contribution in [1.82, 2.24) is 0 Å². The first-order valence-electron chi connectivity index (χ1n) is 18.4. The zero-order valence-corrected chi connectivity index (χ0v) is 36.6. The van der Waals surface area contributed by atoms with Crippen LogP contribution >= 0.6 is 0 Å². The van der Waals surface area contributed by atoms with E-state index in [4.69, 9.17) is 50.5 Å². The molecule has 4 rings (SSSR count). The second kappa shape index (κ2) is 22.5. The fraction of sp³-hybridized carbons (Fsp3) is 0.378. The molecule has 0 aliphatic heterocycles. The van der Waals surface area contributed by atoms with Crippen LogP contribution in [0.1, 0.15) is 124 Å². The second-order valence-corrected chi connectivity index (χ2v) is 15.5. The molecule has 0 aliphatic carbocycles. The van der Waals surface area contributed by atoms with Gasteiger partial charge < -0.3 is 60.7 Å². The minimum atomic E-state index is 0. The Morgan fingerprint density at radius 2 is 0.981 bits per heavy atom. The SMILES string of the molecule is CCCN(CCC)c1ccc(C(C)C)cc1/C([S-])=C(/[S-])c1ccc(C)cc1.CCCNc1ccc(C(C)C)cc1/C([S-])=C(/[S-])c1ccc(C)cc1.[Ni]. The Bertz CT molecular complexity index is 1750. The molecule has 4 aromatic rings. The van der Waals surface area contributed by atoms with Crippen molar-refractivity contribution >= 4 is 81.5 Å². The van der Waals surface area contributed by atoms with Crippen molar-refractivity contribution < 1.29 is 16.5 Å². The fourth-order valence-corrected chi connectivity index (χ4v) is 6.76. The van der Waals surface area contributed by atoms with Gasteiger partial charge in [-0.05, 0) is 90.5 Å². The zero-order chi connectivity index (χ0) is 37.7. The van der Waals surface area contributed by atoms with Gasteiger partial charge in [-0.2, -0.15) is 19.6 Å². The van der Waals surface area contributed by atoms with Crippen LogP contribution in [0.25, 0.3) is 19.6 Å². The van der Waals surface area contributed by atoms with Crippen LogP contribution in [0, 0.1) is 13.8 Å². The van der Waals surface area contributed by atoms with Crippen LogP contribution in [-0.4, -0.2) is 19.6 Å². The maximum absolute atomic E-state index is 5.91. The number of hydrogen-bond donors (Lipinski definition) is 1. The van der Waals surface area contributed by atoms with Gasteiger partial charge in [0.2, 0.25) is 0 Å². The monoisotopic (exact) mass is 810 g/mol. The predicted octanol–water partition coefficient (Wildman–Crippen LogP) is 12.5. The van der Waals surface area contributed by atoms with E-state index in [1.807, 2.05) is 0 Å². The molecule has 1 N–H and O–H groups in total. The van der Waals surface area contributed by atoms with Gasteiger partial charge in [-0.25, -0.2) is 0 Å². The van der Waals surface area contributed by atoms with Crippen molar-refractivity contribution in [3.8, 4) is 0 Å². The summed E-state index contributed by atoms with van der Waals surface area (Å²) in [7, 11) is 0. The maximum atomic E-state index is 5.91. The van der Waals surface area contributed by atoms with Crippen LogP contribution in [0.2, 0.25) is 0 Å². The molecule has 0 spiro atoms. The van der Waals surface area contributed by atoms with Gasteiger partial charge in [0.1, 0.15) is 0 Å². The second-order valence-electron chi connectivity index (χ2n) is 13.9. The van der Waals surface area contributed by atoms with Crippen molar-refractivity contribution in [2.45, 2.75) is 93.4 Å². The third-order valence-corrected chi connectivity index (χ3v) is 10.8. The fourth-order valence-electron chi connectivity index (χ4n) is 5.70. The molecule has 0 radical (unpaired) electrons. The summed E-state index contributed by atoms with van der Waals surface area (Å²) in [6.07, 6.45) is 3.29. The Morgan fingerprint density at radius 3 is 1.40 bits per heavy atom. The Morgan fingerprint density at radius 1 is 0.558 bits per heavy atom. The molecule has 0 saturated carbocycles. The van der Waals surface area contributed by atoms with Crippen molar-refractivity contribution in [3.05, 3.63) is 129 Å². The average Bonchev–Trinajstić information content (AvgIpc) is 3.13. The summed E-state index contributed by atoms with van der Waals surface area (Å²) >= 11 is 23.1. The molecule has 0 bridgehead atoms. The normalized spacial score (nSPS) is 12.0. The van der Waals surface area contributed by atoms with Crippen molar-refractivity contribution in [2.24, 2.45) is 0 Å². The molecule has 0 aliphatic rings. The molecule has 52 heavy (non-hydrogen) atoms. The molecular formula is C45H56N2NiS4-4. The first-order valence-corrected chi connectivity index (χ1v) is 20.0. The first kappa shape index (κ1) is 45.5. The van der Waals surface area contributed by atoms with Gasteiger partial charge in [0.05, 0.1) is 0 Å². The Labute approximate surface area is 348 Å². The molecule has 0 amide bonds. The van der Waals surface area contributed by atoms with Crippen LogP contribution in [0.3, 0.4) is 0 Å². The van der Waals surface area contributed by atoms with E-state index in [1.54, 1.807) is 0 Å². The molecule has 0 saturated heterocycles. The first-order chi connectivity index (χ1) is 24.3. The summed E-state index contributed by atoms with van der Waals surface area (Å²) in [5, 5.41) is 3.48. The standard InChI is InChI=1S/C24H33NS2.C21H27NS2.Ni/c1-6-14-25(15-7-2)22-13-12-20(17(3)4)16-21(22)24(27)23(26)19-10-8-18(5)9-11-19;1-5-12-22-19-11-10-17(14(2)3)13-18(19)21(24)20(23)16-8-6-15(4)7-9-16;/h8-13,16-17,26-27H,6-7,14-15H2,1-5H3;6-11,13-14,22-24H,5,12H2,1-4H3;/p-4/b24-23-;21-20-;. The quantitative estimate of drug-likeness (QED) is 0.0770. The van der Waals surface area contributed by atoms with Gasteiger partial charge in [-0.3, -0.25) is 0 Å². The molecular weight excluding hydrogens is 755 g/mol. The topological polar surface area (TPSA) is 15.3 Å². The van der Waals surface area contributed by atoms with Gasteiger partial charge >= 0.3 is 0 Å². The van der Waals surface area contributed by atoms with Gasteiger partial charge in [0.25, 0.3) is 0 Å². The molecule has 4 aromatic carbocycles. The molecule has 2 nitrogen and oxygen atoms in total. The summed E-state index contributed by atoms with van der Waals surface area (Å²) in [6, 6.07) is 29.8. The summed E-state index contributed by atoms with van der Waals surface area (Å²) in [6.45, 7) is 22.6. The van der Waals surface area contributed by atoms with Gasteiger partial charge in [-0.15, -0.1) is 0 Å². The number of aryl methyl sites for hydroxylation is 2. The summed E-state index contributed by atoms with van der Waals surface area (Å²) in [4.78, 5) is 5.48. The van der Waals surface area contributed by atoms with Crippen LogP contribution in [0.4, 0.5) is 11.4 Å². The maximum Gasteiger partial charge on any atom is 0.0424 e. The summed E-state index contributed by atoms with van der Waals surface area (Å²) in [5.41, 5.74) is 11.5. The van der Waals surface area contributed by atoms with Crippen LogP contribution < -0.4 is 10.2 Å². The van der Waals surface area contributed by atoms with E-state index in [-0.39, 0.29) is 16.5 Å². The number of nitrogens with one attached hydrogen (secondary N) is 1. The number of anilines is 2. The largest absolute Gasteiger partial charge is 0.781 e. The van der Waals surface area contributed by atoms with Crippen LogP contribution in [-0.2, 0) is 67.0 Å². The molecule has 0 fully saturated rings. The summed E-state index contributed by atoms with van der Waals surface area (Å²) < 4.78 is 0. The van der Waals surface area contributed by atoms with Crippen molar-refractivity contribution in [2.75, 3.05) is 29.9 Å². The third-order valence-electron chi connectivity index (χ3n) is 8.82. The Hall–Kier alpha value is -2.67. The van der Waals surface area contributed by atoms with Crippen molar-refractivity contribution in [3.63, 3.8) is 0 Å². The van der Waals surface area contributed by atoms with Gasteiger partial charge in [0, 0.05) is 47.5 Å². The summed E-state index contributed by atoms with van der Waals surface area (Å²) in [5.74, 6) is 0.916. The van der Waals surface area contributed by atoms with Gasteiger partial charge in [0.15, 0.2) is 0 Å². The van der Waals surface area contributed by atoms with E-state index >= 15 is 0 Å². The number of hydrogen-bond acceptors (Lipinski definition) is 6. The molecule has 7 heteroatoms. The smallest absolute Gasteiger partial charge is 0.0424 e. The Kier molecular flexibility index (Phi) is 19.7. The van der Waals surface area contributed by atoms with E-state index in [0.717, 1.165) is 86.5 Å². The minimum absolute atomic E-state index is 0. The molecule has 0 heterocycles. The van der Waals surface area contributed by atoms with Crippen LogP contribution in [0.5, 0.6) is 0 Å². The number of rotatable bonds is 14. The van der Waals surface area contributed by atoms with E-state index < -0.39 is 0 Å². The van der Waals surface area contributed by atoms with E-state index in [1.165, 1.54) is 27.9 Å². The average molecular weight is 812 g/mol. The molecule has 284 valence electrons. The molecule has 0 aromatic heterocycles. The molecule has 0 unspecified atom stereocenters. The number of benzene rings is 4. The third kappa shape index (κ3) is 12.7. The number of nitrogens with zero attached hydrogens (tertiary/aromatic N) is 1. The van der Waals surface area contributed by atoms with Gasteiger partial charge in [-0.1, -0.05) is 132 Å². The van der Waals surface area contributed by atoms with E-state index in [2.05, 4.69) is 157 Å². The van der Waals surface area contributed by atoms with E-state index in [9.17, 15) is 0 Å². The molecule has 0 atom stereocenters. The minimum Gasteiger partial charge on any atom is -0.781 e.